The van der Waals surface area contributed by atoms with E-state index >= 15 is 0 Å². The minimum atomic E-state index is -0.965. The highest BCUT2D eigenvalue weighted by Crippen LogP contribution is 2.45. The third-order valence-electron chi connectivity index (χ3n) is 6.72. The van der Waals surface area contributed by atoms with E-state index in [-0.39, 0.29) is 22.6 Å². The largest absolute Gasteiger partial charge is 0.507 e. The van der Waals surface area contributed by atoms with Gasteiger partial charge in [-0.05, 0) is 66.6 Å². The van der Waals surface area contributed by atoms with Crippen LogP contribution in [0.5, 0.6) is 11.5 Å². The number of amides is 1. The molecule has 9 heteroatoms. The van der Waals surface area contributed by atoms with Crippen LogP contribution < -0.4 is 14.4 Å². The average molecular weight is 543 g/mol. The van der Waals surface area contributed by atoms with Gasteiger partial charge in [-0.2, -0.15) is 0 Å². The fraction of sp³-hybridized carbons (Fsp3) is 0.167. The maximum atomic E-state index is 13.9. The molecule has 2 unspecified atom stereocenters. The Morgan fingerprint density at radius 1 is 1.21 bits per heavy atom. The molecular weight excluding hydrogens is 519 g/mol. The standard InChI is InChI=1S/C30H23FN2O5S/c1-3-12-37-21-8-4-17(5-9-21)26-25(27(34)18-6-11-23-19(14-18)13-16(2)38-23)28(35)29(36)33(26)30-32-22-10-7-20(31)15-24(22)39-30/h3-11,14-16,26,34H,1,12-13H2,2H3. The molecule has 3 heterocycles. The van der Waals surface area contributed by atoms with E-state index in [0.29, 0.717) is 40.1 Å². The number of rotatable bonds is 6. The normalized spacial score (nSPS) is 19.8. The van der Waals surface area contributed by atoms with Crippen LogP contribution in [0.3, 0.4) is 0 Å². The number of aromatic nitrogens is 1. The van der Waals surface area contributed by atoms with E-state index in [2.05, 4.69) is 11.6 Å². The molecule has 196 valence electrons. The molecule has 1 aromatic heterocycles. The van der Waals surface area contributed by atoms with E-state index in [1.54, 1.807) is 48.5 Å². The van der Waals surface area contributed by atoms with Gasteiger partial charge in [0.1, 0.15) is 35.8 Å². The maximum absolute atomic E-state index is 13.9. The van der Waals surface area contributed by atoms with Crippen molar-refractivity contribution in [1.82, 2.24) is 4.98 Å². The first-order chi connectivity index (χ1) is 18.8. The number of hydrogen-bond donors (Lipinski definition) is 1. The summed E-state index contributed by atoms with van der Waals surface area (Å²) in [5.74, 6) is -1.07. The van der Waals surface area contributed by atoms with Crippen LogP contribution in [0.25, 0.3) is 16.0 Å². The van der Waals surface area contributed by atoms with E-state index in [0.717, 1.165) is 22.6 Å². The number of aliphatic hydroxyl groups excluding tert-OH is 1. The fourth-order valence-corrected chi connectivity index (χ4v) is 5.98. The number of fused-ring (bicyclic) bond motifs is 2. The summed E-state index contributed by atoms with van der Waals surface area (Å²) in [6.07, 6.45) is 2.30. The van der Waals surface area contributed by atoms with Crippen molar-refractivity contribution < 1.29 is 28.6 Å². The number of anilines is 1. The zero-order valence-corrected chi connectivity index (χ0v) is 21.7. The molecule has 1 amide bonds. The third kappa shape index (κ3) is 4.34. The number of thiazole rings is 1. The highest BCUT2D eigenvalue weighted by Gasteiger charge is 2.48. The molecule has 0 bridgehead atoms. The van der Waals surface area contributed by atoms with Crippen LogP contribution >= 0.6 is 11.3 Å². The smallest absolute Gasteiger partial charge is 0.301 e. The van der Waals surface area contributed by atoms with Crippen LogP contribution in [-0.2, 0) is 16.0 Å². The molecule has 1 saturated heterocycles. The molecule has 4 aromatic rings. The van der Waals surface area contributed by atoms with E-state index in [4.69, 9.17) is 9.47 Å². The van der Waals surface area contributed by atoms with Gasteiger partial charge in [-0.3, -0.25) is 14.5 Å². The Labute approximate surface area is 227 Å². The van der Waals surface area contributed by atoms with Crippen molar-refractivity contribution in [2.24, 2.45) is 0 Å². The predicted molar refractivity (Wildman–Crippen MR) is 147 cm³/mol. The van der Waals surface area contributed by atoms with Crippen molar-refractivity contribution in [2.45, 2.75) is 25.5 Å². The summed E-state index contributed by atoms with van der Waals surface area (Å²) in [6, 6.07) is 15.3. The Hall–Kier alpha value is -4.50. The van der Waals surface area contributed by atoms with E-state index in [1.165, 1.54) is 23.1 Å². The Kier molecular flexibility index (Phi) is 6.15. The SMILES string of the molecule is C=CCOc1ccc(C2C(=C(O)c3ccc4c(c3)CC(C)O4)C(=O)C(=O)N2c2nc3ccc(F)cc3s2)cc1. The number of ether oxygens (including phenoxy) is 2. The van der Waals surface area contributed by atoms with Crippen LogP contribution in [0.4, 0.5) is 9.52 Å². The zero-order valence-electron chi connectivity index (χ0n) is 20.9. The van der Waals surface area contributed by atoms with Gasteiger partial charge in [-0.25, -0.2) is 9.37 Å². The number of carbonyl (C=O) groups is 2. The molecule has 39 heavy (non-hydrogen) atoms. The molecule has 2 aliphatic rings. The Morgan fingerprint density at radius 3 is 2.77 bits per heavy atom. The molecule has 0 saturated carbocycles. The first kappa shape index (κ1) is 24.8. The molecule has 0 radical (unpaired) electrons. The van der Waals surface area contributed by atoms with Gasteiger partial charge in [0.15, 0.2) is 5.13 Å². The van der Waals surface area contributed by atoms with Gasteiger partial charge in [-0.15, -0.1) is 0 Å². The molecule has 3 aromatic carbocycles. The lowest BCUT2D eigenvalue weighted by molar-refractivity contribution is -0.132. The molecule has 2 atom stereocenters. The number of Topliss-reactive ketones (excluding diaryl/α,β-unsaturated/α-hetero) is 1. The topological polar surface area (TPSA) is 89.0 Å². The molecule has 0 spiro atoms. The summed E-state index contributed by atoms with van der Waals surface area (Å²) in [5.41, 5.74) is 2.33. The minimum Gasteiger partial charge on any atom is -0.507 e. The van der Waals surface area contributed by atoms with Crippen molar-refractivity contribution >= 4 is 44.1 Å². The molecule has 7 nitrogen and oxygen atoms in total. The van der Waals surface area contributed by atoms with Crippen LogP contribution in [0.1, 0.15) is 29.7 Å². The van der Waals surface area contributed by atoms with Gasteiger partial charge in [0.2, 0.25) is 0 Å². The lowest BCUT2D eigenvalue weighted by Gasteiger charge is -2.23. The van der Waals surface area contributed by atoms with Gasteiger partial charge in [0.05, 0.1) is 21.8 Å². The summed E-state index contributed by atoms with van der Waals surface area (Å²) >= 11 is 1.10. The number of nitrogens with zero attached hydrogens (tertiary/aromatic N) is 2. The average Bonchev–Trinajstić information content (AvgIpc) is 3.59. The van der Waals surface area contributed by atoms with E-state index in [1.807, 2.05) is 6.92 Å². The molecule has 1 N–H and O–H groups in total. The Bertz CT molecular complexity index is 1680. The van der Waals surface area contributed by atoms with Crippen molar-refractivity contribution in [3.05, 3.63) is 101 Å². The predicted octanol–water partition coefficient (Wildman–Crippen LogP) is 5.95. The van der Waals surface area contributed by atoms with Gasteiger partial charge < -0.3 is 14.6 Å². The van der Waals surface area contributed by atoms with Gasteiger partial charge in [-0.1, -0.05) is 36.1 Å². The number of aliphatic hydroxyl groups is 1. The maximum Gasteiger partial charge on any atom is 0.301 e. The number of hydrogen-bond acceptors (Lipinski definition) is 7. The van der Waals surface area contributed by atoms with Crippen molar-refractivity contribution in [2.75, 3.05) is 11.5 Å². The number of benzene rings is 3. The van der Waals surface area contributed by atoms with Crippen LogP contribution in [0.15, 0.2) is 78.9 Å². The second-order valence-corrected chi connectivity index (χ2v) is 10.4. The fourth-order valence-electron chi connectivity index (χ4n) is 4.96. The van der Waals surface area contributed by atoms with Crippen molar-refractivity contribution in [3.63, 3.8) is 0 Å². The Balaban J connectivity index is 1.50. The second kappa shape index (κ2) is 9.67. The quantitative estimate of drug-likeness (QED) is 0.140. The first-order valence-corrected chi connectivity index (χ1v) is 13.2. The van der Waals surface area contributed by atoms with E-state index < -0.39 is 23.5 Å². The summed E-state index contributed by atoms with van der Waals surface area (Å²) in [6.45, 7) is 5.92. The van der Waals surface area contributed by atoms with Crippen molar-refractivity contribution in [3.8, 4) is 11.5 Å². The monoisotopic (exact) mass is 542 g/mol. The molecule has 1 fully saturated rings. The van der Waals surface area contributed by atoms with Crippen LogP contribution in [0, 0.1) is 5.82 Å². The third-order valence-corrected chi connectivity index (χ3v) is 7.74. The highest BCUT2D eigenvalue weighted by atomic mass is 32.1. The lowest BCUT2D eigenvalue weighted by Crippen LogP contribution is -2.29. The summed E-state index contributed by atoms with van der Waals surface area (Å²) < 4.78 is 25.8. The molecule has 2 aliphatic heterocycles. The summed E-state index contributed by atoms with van der Waals surface area (Å²) in [4.78, 5) is 32.8. The zero-order chi connectivity index (χ0) is 27.3. The highest BCUT2D eigenvalue weighted by molar-refractivity contribution is 7.22. The van der Waals surface area contributed by atoms with Gasteiger partial charge in [0, 0.05) is 12.0 Å². The minimum absolute atomic E-state index is 0.00803. The number of ketones is 1. The summed E-state index contributed by atoms with van der Waals surface area (Å²) in [5, 5.41) is 11.7. The molecule has 6 rings (SSSR count). The van der Waals surface area contributed by atoms with Gasteiger partial charge >= 0.3 is 5.91 Å². The molecule has 0 aliphatic carbocycles. The van der Waals surface area contributed by atoms with Crippen LogP contribution in [0.2, 0.25) is 0 Å². The van der Waals surface area contributed by atoms with Crippen LogP contribution in [-0.4, -0.2) is 34.5 Å². The number of carbonyl (C=O) groups excluding carboxylic acids is 2. The number of halogens is 1. The second-order valence-electron chi connectivity index (χ2n) is 9.40. The summed E-state index contributed by atoms with van der Waals surface area (Å²) in [7, 11) is 0. The van der Waals surface area contributed by atoms with E-state index in [9.17, 15) is 19.1 Å². The molecular formula is C30H23FN2O5S. The van der Waals surface area contributed by atoms with Gasteiger partial charge in [0.25, 0.3) is 5.78 Å². The van der Waals surface area contributed by atoms with Crippen molar-refractivity contribution in [1.29, 1.82) is 0 Å². The lowest BCUT2D eigenvalue weighted by atomic mass is 9.94. The first-order valence-electron chi connectivity index (χ1n) is 12.3. The Morgan fingerprint density at radius 2 is 2.00 bits per heavy atom.